The molecule has 13 aromatic rings. The third kappa shape index (κ3) is 7.52. The normalized spacial score (nSPS) is 14.1. The van der Waals surface area contributed by atoms with E-state index in [1.807, 2.05) is 88.1 Å². The molecule has 0 aliphatic carbocycles. The van der Waals surface area contributed by atoms with Gasteiger partial charge in [-0.25, -0.2) is 4.98 Å². The molecule has 380 valence electrons. The second-order valence-corrected chi connectivity index (χ2v) is 23.7. The Morgan fingerprint density at radius 3 is 1.59 bits per heavy atom. The zero-order valence-electron chi connectivity index (χ0n) is 53.2. The summed E-state index contributed by atoms with van der Waals surface area (Å²) in [5.41, 5.74) is 9.53. The van der Waals surface area contributed by atoms with Crippen molar-refractivity contribution in [2.75, 3.05) is 0 Å². The molecule has 0 spiro atoms. The highest BCUT2D eigenvalue weighted by atomic mass is 16.5. The first-order chi connectivity index (χ1) is 40.9. The first-order valence-corrected chi connectivity index (χ1v) is 26.6. The molecule has 78 heavy (non-hydrogen) atoms. The van der Waals surface area contributed by atoms with E-state index in [0.717, 1.165) is 60.6 Å². The molecular weight excluding hydrogens is 951 g/mol. The minimum atomic E-state index is -0.529. The van der Waals surface area contributed by atoms with Crippen molar-refractivity contribution in [2.24, 2.45) is 0 Å². The second-order valence-electron chi connectivity index (χ2n) is 23.7. The Kier molecular flexibility index (Phi) is 8.71. The number of para-hydroxylation sites is 3. The fraction of sp³-hybridized carbons (Fsp3) is 0.167. The molecule has 6 heteroatoms. The lowest BCUT2D eigenvalue weighted by Crippen LogP contribution is -2.33. The van der Waals surface area contributed by atoms with Crippen molar-refractivity contribution < 1.29 is 20.3 Å². The number of ether oxygens (including phenoxy) is 1. The van der Waals surface area contributed by atoms with Crippen LogP contribution < -0.4 is 9.30 Å². The number of hydrogen-bond acceptors (Lipinski definition) is 2. The summed E-state index contributed by atoms with van der Waals surface area (Å²) in [4.78, 5) is 4.91. The van der Waals surface area contributed by atoms with Gasteiger partial charge < -0.3 is 9.30 Å². The predicted molar refractivity (Wildman–Crippen MR) is 323 cm³/mol. The lowest BCUT2D eigenvalue weighted by Gasteiger charge is -2.26. The van der Waals surface area contributed by atoms with E-state index in [9.17, 15) is 11.0 Å². The third-order valence-corrected chi connectivity index (χ3v) is 15.6. The van der Waals surface area contributed by atoms with Crippen molar-refractivity contribution >= 4 is 54.6 Å². The van der Waals surface area contributed by atoms with Crippen LogP contribution in [0.15, 0.2) is 206 Å². The van der Waals surface area contributed by atoms with Crippen LogP contribution in [0.4, 0.5) is 0 Å². The van der Waals surface area contributed by atoms with Gasteiger partial charge >= 0.3 is 0 Å². The van der Waals surface area contributed by atoms with Crippen molar-refractivity contribution in [1.82, 2.24) is 18.7 Å². The maximum Gasteiger partial charge on any atom is 0.269 e. The van der Waals surface area contributed by atoms with Gasteiger partial charge in [-0.3, -0.25) is 13.7 Å². The van der Waals surface area contributed by atoms with Gasteiger partial charge in [0.1, 0.15) is 17.3 Å². The highest BCUT2D eigenvalue weighted by molar-refractivity contribution is 6.11. The molecule has 4 aromatic heterocycles. The first-order valence-electron chi connectivity index (χ1n) is 30.6. The molecule has 6 nitrogen and oxygen atoms in total. The zero-order chi connectivity index (χ0) is 60.4. The zero-order valence-corrected chi connectivity index (χ0v) is 45.2. The van der Waals surface area contributed by atoms with Crippen LogP contribution in [0.2, 0.25) is 0 Å². The Morgan fingerprint density at radius 2 is 0.974 bits per heavy atom. The Balaban J connectivity index is 1.10. The van der Waals surface area contributed by atoms with E-state index in [1.54, 1.807) is 0 Å². The van der Waals surface area contributed by atoms with E-state index in [0.29, 0.717) is 50.7 Å². The van der Waals surface area contributed by atoms with Crippen LogP contribution in [0, 0.1) is 6.33 Å². The third-order valence-electron chi connectivity index (χ3n) is 15.6. The van der Waals surface area contributed by atoms with Crippen molar-refractivity contribution in [3.05, 3.63) is 229 Å². The lowest BCUT2D eigenvalue weighted by molar-refractivity contribution is -0.571. The van der Waals surface area contributed by atoms with Crippen LogP contribution in [0.5, 0.6) is 11.5 Å². The van der Waals surface area contributed by atoms with Crippen LogP contribution in [-0.4, -0.2) is 18.7 Å². The Labute approximate surface area is 467 Å². The van der Waals surface area contributed by atoms with Crippen LogP contribution >= 0.6 is 0 Å². The quantitative estimate of drug-likeness (QED) is 0.127. The Morgan fingerprint density at radius 1 is 0.449 bits per heavy atom. The summed E-state index contributed by atoms with van der Waals surface area (Å²) < 4.78 is 92.5. The van der Waals surface area contributed by atoms with Gasteiger partial charge in [0, 0.05) is 33.8 Å². The monoisotopic (exact) mass is 1020 g/mol. The molecule has 0 radical (unpaired) electrons. The molecule has 14 rings (SSSR count). The van der Waals surface area contributed by atoms with E-state index in [-0.39, 0.29) is 39.8 Å². The molecule has 0 saturated carbocycles. The summed E-state index contributed by atoms with van der Waals surface area (Å²) in [6, 6.07) is 47.7. The van der Waals surface area contributed by atoms with Crippen molar-refractivity contribution in [1.29, 1.82) is 0 Å². The van der Waals surface area contributed by atoms with Gasteiger partial charge in [-0.05, 0) is 139 Å². The maximum absolute atomic E-state index is 10.1. The fourth-order valence-electron chi connectivity index (χ4n) is 11.5. The number of fused-ring (bicyclic) bond motifs is 13. The first kappa shape index (κ1) is 39.4. The largest absolute Gasteiger partial charge is 0.458 e. The molecule has 0 bridgehead atoms. The smallest absolute Gasteiger partial charge is 0.269 e. The van der Waals surface area contributed by atoms with Gasteiger partial charge in [-0.1, -0.05) is 183 Å². The summed E-state index contributed by atoms with van der Waals surface area (Å²) in [7, 11) is 0. The van der Waals surface area contributed by atoms with Gasteiger partial charge in [-0.2, -0.15) is 0 Å². The van der Waals surface area contributed by atoms with E-state index in [4.69, 9.17) is 9.72 Å². The Hall–Kier alpha value is -9.00. The van der Waals surface area contributed by atoms with Gasteiger partial charge in [0.15, 0.2) is 0 Å². The van der Waals surface area contributed by atoms with E-state index in [2.05, 4.69) is 157 Å². The van der Waals surface area contributed by atoms with Gasteiger partial charge in [0.25, 0.3) is 6.33 Å². The van der Waals surface area contributed by atoms with E-state index in [1.165, 1.54) is 5.56 Å². The van der Waals surface area contributed by atoms with Crippen LogP contribution in [0.3, 0.4) is 0 Å². The molecule has 0 N–H and O–H groups in total. The van der Waals surface area contributed by atoms with Gasteiger partial charge in [0.05, 0.1) is 61.1 Å². The molecule has 0 fully saturated rings. The number of hydrogen-bond donors (Lipinski definition) is 0. The summed E-state index contributed by atoms with van der Waals surface area (Å²) in [6.45, 7) is 19.2. The average molecular weight is 1020 g/mol. The number of rotatable bonds is 5. The average Bonchev–Trinajstić information content (AvgIpc) is 1.49. The van der Waals surface area contributed by atoms with Crippen LogP contribution in [0.25, 0.3) is 111 Å². The van der Waals surface area contributed by atoms with Crippen molar-refractivity contribution in [3.63, 3.8) is 0 Å². The summed E-state index contributed by atoms with van der Waals surface area (Å²) in [5.74, 6) is 1.95. The number of imidazole rings is 1. The SMILES string of the molecule is [2H]c1c([2H])c([2H])c2c(c1[2H])-c1cc(C(C)(C)C)cc(-n3c4ccccc4c4ccccc43)c1-[n+]1[c-]n(-c3cccc(Oc4ccc5c6ccccc6n(-c6cc(C(C)(C)C)ccn6)c5c4)c3)c3cc(C(C)(C)C)cc(c31)-c1c([2H])c([2H])c([2H])c([2H])c1-2. The minimum Gasteiger partial charge on any atom is -0.458 e. The predicted octanol–water partition coefficient (Wildman–Crippen LogP) is 18.3. The van der Waals surface area contributed by atoms with Crippen LogP contribution in [0.1, 0.15) is 90.0 Å². The number of aromatic nitrogens is 5. The number of nitrogens with zero attached hydrogens (tertiary/aromatic N) is 5. The lowest BCUT2D eigenvalue weighted by atomic mass is 9.82. The molecule has 1 aliphatic rings. The van der Waals surface area contributed by atoms with E-state index < -0.39 is 47.1 Å². The van der Waals surface area contributed by atoms with Gasteiger partial charge in [0.2, 0.25) is 0 Å². The molecule has 5 heterocycles. The number of pyridine rings is 1. The van der Waals surface area contributed by atoms with Crippen molar-refractivity contribution in [3.8, 4) is 67.8 Å². The minimum absolute atomic E-state index is 0.0236. The molecule has 0 unspecified atom stereocenters. The standard InChI is InChI=1S/C72H61N5O/c1-70(2,3)45-35-36-73-67(41-45)77-63-32-19-16-29-57(63)58-34-33-50(43-64(58)77)78-49-22-20-21-48(42-49)74-44-75-68-59(37-46(39-65(68)74)71(4,5)6)53-25-12-10-23-51(53)52-24-11-13-26-54(52)60-38-47(72(7,8)9)40-66(69(60)75)76-61-30-17-14-27-55(61)56-28-15-18-31-62(56)76/h10-43H,1-9H3/i10D,11D,12D,13D,23D,24D,25D,26D. The fourth-order valence-corrected chi connectivity index (χ4v) is 11.5. The molecular formula is C72H61N5O. The Bertz CT molecular complexity index is 5030. The summed E-state index contributed by atoms with van der Waals surface area (Å²) in [5, 5.41) is 4.17. The van der Waals surface area contributed by atoms with Crippen LogP contribution in [-0.2, 0) is 16.2 Å². The molecule has 1 aliphatic heterocycles. The molecule has 0 amide bonds. The second kappa shape index (κ2) is 17.3. The summed E-state index contributed by atoms with van der Waals surface area (Å²) in [6.07, 6.45) is 5.73. The summed E-state index contributed by atoms with van der Waals surface area (Å²) >= 11 is 0. The highest BCUT2D eigenvalue weighted by Gasteiger charge is 2.31. The highest BCUT2D eigenvalue weighted by Crippen LogP contribution is 2.48. The molecule has 0 atom stereocenters. The number of benzene rings is 9. The van der Waals surface area contributed by atoms with Crippen molar-refractivity contribution in [2.45, 2.75) is 78.6 Å². The maximum atomic E-state index is 10.1. The van der Waals surface area contributed by atoms with Gasteiger partial charge in [-0.15, -0.1) is 0 Å². The topological polar surface area (TPSA) is 40.8 Å². The molecule has 0 saturated heterocycles. The molecule has 9 aromatic carbocycles. The van der Waals surface area contributed by atoms with E-state index >= 15 is 0 Å².